The number of aliphatic carboxylic acids is 1. The first kappa shape index (κ1) is 15.2. The van der Waals surface area contributed by atoms with E-state index in [0.717, 1.165) is 0 Å². The largest absolute Gasteiger partial charge is 0.481 e. The van der Waals surface area contributed by atoms with Crippen LogP contribution in [0.15, 0.2) is 24.3 Å². The molecular formula is C14H20N2O3. The fourth-order valence-corrected chi connectivity index (χ4v) is 1.71. The number of carboxylic acids is 1. The maximum atomic E-state index is 12.0. The molecule has 0 saturated carbocycles. The smallest absolute Gasteiger partial charge is 0.307 e. The lowest BCUT2D eigenvalue weighted by Crippen LogP contribution is -2.50. The predicted octanol–water partition coefficient (Wildman–Crippen LogP) is 1.77. The van der Waals surface area contributed by atoms with Gasteiger partial charge >= 0.3 is 5.97 Å². The minimum absolute atomic E-state index is 0.0288. The third-order valence-corrected chi connectivity index (χ3v) is 3.28. The Kier molecular flexibility index (Phi) is 5.06. The van der Waals surface area contributed by atoms with E-state index in [9.17, 15) is 9.59 Å². The molecule has 1 amide bonds. The molecule has 19 heavy (non-hydrogen) atoms. The Morgan fingerprint density at radius 3 is 2.16 bits per heavy atom. The first-order valence-corrected chi connectivity index (χ1v) is 6.32. The van der Waals surface area contributed by atoms with Crippen LogP contribution in [0.5, 0.6) is 0 Å². The minimum Gasteiger partial charge on any atom is -0.481 e. The van der Waals surface area contributed by atoms with Gasteiger partial charge in [0.2, 0.25) is 5.91 Å². The van der Waals surface area contributed by atoms with E-state index < -0.39 is 11.5 Å². The number of anilines is 1. The first-order chi connectivity index (χ1) is 8.91. The van der Waals surface area contributed by atoms with Gasteiger partial charge in [-0.15, -0.1) is 0 Å². The molecule has 1 aromatic rings. The zero-order chi connectivity index (χ0) is 14.5. The Hall–Kier alpha value is -1.88. The van der Waals surface area contributed by atoms with Gasteiger partial charge in [0.25, 0.3) is 0 Å². The van der Waals surface area contributed by atoms with Crippen molar-refractivity contribution in [2.24, 2.45) is 5.73 Å². The van der Waals surface area contributed by atoms with E-state index in [1.807, 2.05) is 13.8 Å². The van der Waals surface area contributed by atoms with Crippen LogP contribution in [0.3, 0.4) is 0 Å². The lowest BCUT2D eigenvalue weighted by molar-refractivity contribution is -0.136. The Balaban J connectivity index is 2.73. The van der Waals surface area contributed by atoms with Gasteiger partial charge in [-0.3, -0.25) is 9.59 Å². The Morgan fingerprint density at radius 1 is 1.21 bits per heavy atom. The number of amides is 1. The summed E-state index contributed by atoms with van der Waals surface area (Å²) in [5, 5.41) is 11.4. The molecule has 0 saturated heterocycles. The second-order valence-electron chi connectivity index (χ2n) is 4.58. The van der Waals surface area contributed by atoms with Gasteiger partial charge in [0.15, 0.2) is 0 Å². The quantitative estimate of drug-likeness (QED) is 0.730. The van der Waals surface area contributed by atoms with Gasteiger partial charge in [0.1, 0.15) is 0 Å². The molecule has 0 radical (unpaired) electrons. The van der Waals surface area contributed by atoms with Crippen LogP contribution in [0.25, 0.3) is 0 Å². The molecule has 1 aromatic carbocycles. The van der Waals surface area contributed by atoms with Crippen molar-refractivity contribution in [3.63, 3.8) is 0 Å². The van der Waals surface area contributed by atoms with Crippen LogP contribution in [0.1, 0.15) is 32.3 Å². The molecule has 104 valence electrons. The Morgan fingerprint density at radius 2 is 1.74 bits per heavy atom. The van der Waals surface area contributed by atoms with Gasteiger partial charge in [-0.05, 0) is 30.5 Å². The highest BCUT2D eigenvalue weighted by Crippen LogP contribution is 2.16. The van der Waals surface area contributed by atoms with Crippen LogP contribution >= 0.6 is 0 Å². The average Bonchev–Trinajstić information content (AvgIpc) is 2.39. The molecule has 0 bridgehead atoms. The molecule has 0 aliphatic carbocycles. The van der Waals surface area contributed by atoms with Gasteiger partial charge < -0.3 is 16.2 Å². The normalized spacial score (nSPS) is 11.1. The summed E-state index contributed by atoms with van der Waals surface area (Å²) in [5.41, 5.74) is 6.44. The van der Waals surface area contributed by atoms with Crippen molar-refractivity contribution in [1.82, 2.24) is 0 Å². The fraction of sp³-hybridized carbons (Fsp3) is 0.429. The topological polar surface area (TPSA) is 92.4 Å². The third kappa shape index (κ3) is 4.06. The number of rotatable bonds is 6. The van der Waals surface area contributed by atoms with Crippen molar-refractivity contribution >= 4 is 17.6 Å². The lowest BCUT2D eigenvalue weighted by atomic mass is 9.93. The first-order valence-electron chi connectivity index (χ1n) is 6.32. The highest BCUT2D eigenvalue weighted by Gasteiger charge is 2.29. The molecule has 0 atom stereocenters. The summed E-state index contributed by atoms with van der Waals surface area (Å²) >= 11 is 0. The third-order valence-electron chi connectivity index (χ3n) is 3.28. The van der Waals surface area contributed by atoms with Crippen LogP contribution in [0, 0.1) is 0 Å². The number of carboxylic acid groups (broad SMARTS) is 1. The highest BCUT2D eigenvalue weighted by molar-refractivity contribution is 5.97. The second kappa shape index (κ2) is 6.33. The van der Waals surface area contributed by atoms with Crippen molar-refractivity contribution in [1.29, 1.82) is 0 Å². The molecule has 0 unspecified atom stereocenters. The molecule has 0 fully saturated rings. The van der Waals surface area contributed by atoms with E-state index in [2.05, 4.69) is 5.32 Å². The van der Waals surface area contributed by atoms with Crippen LogP contribution in [0.2, 0.25) is 0 Å². The summed E-state index contributed by atoms with van der Waals surface area (Å²) in [7, 11) is 0. The average molecular weight is 264 g/mol. The Labute approximate surface area is 112 Å². The molecule has 5 nitrogen and oxygen atoms in total. The van der Waals surface area contributed by atoms with Crippen LogP contribution in [0.4, 0.5) is 5.69 Å². The van der Waals surface area contributed by atoms with Crippen molar-refractivity contribution in [3.8, 4) is 0 Å². The second-order valence-corrected chi connectivity index (χ2v) is 4.58. The summed E-state index contributed by atoms with van der Waals surface area (Å²) in [6, 6.07) is 6.73. The van der Waals surface area contributed by atoms with Crippen LogP contribution < -0.4 is 11.1 Å². The van der Waals surface area contributed by atoms with Crippen LogP contribution in [-0.2, 0) is 16.0 Å². The minimum atomic E-state index is -0.880. The Bertz CT molecular complexity index is 450. The molecule has 4 N–H and O–H groups in total. The van der Waals surface area contributed by atoms with E-state index in [1.165, 1.54) is 0 Å². The van der Waals surface area contributed by atoms with E-state index >= 15 is 0 Å². The maximum absolute atomic E-state index is 12.0. The number of benzene rings is 1. The molecule has 0 aliphatic rings. The number of hydrogen-bond acceptors (Lipinski definition) is 3. The fourth-order valence-electron chi connectivity index (χ4n) is 1.71. The lowest BCUT2D eigenvalue weighted by Gasteiger charge is -2.25. The maximum Gasteiger partial charge on any atom is 0.307 e. The molecule has 1 rings (SSSR count). The van der Waals surface area contributed by atoms with Crippen molar-refractivity contribution in [2.75, 3.05) is 5.32 Å². The molecular weight excluding hydrogens is 244 g/mol. The molecule has 0 aliphatic heterocycles. The number of carbonyl (C=O) groups excluding carboxylic acids is 1. The summed E-state index contributed by atoms with van der Waals surface area (Å²) in [4.78, 5) is 22.6. The van der Waals surface area contributed by atoms with E-state index in [1.54, 1.807) is 24.3 Å². The molecule has 5 heteroatoms. The summed E-state index contributed by atoms with van der Waals surface area (Å²) in [5.74, 6) is -1.10. The van der Waals surface area contributed by atoms with Gasteiger partial charge in [-0.2, -0.15) is 0 Å². The van der Waals surface area contributed by atoms with E-state index in [-0.39, 0.29) is 12.3 Å². The van der Waals surface area contributed by atoms with Crippen molar-refractivity contribution in [3.05, 3.63) is 29.8 Å². The van der Waals surface area contributed by atoms with Crippen molar-refractivity contribution in [2.45, 2.75) is 38.6 Å². The van der Waals surface area contributed by atoms with E-state index in [4.69, 9.17) is 10.8 Å². The number of nitrogens with one attached hydrogen (secondary N) is 1. The number of nitrogens with two attached hydrogens (primary N) is 1. The number of carbonyl (C=O) groups is 2. The number of hydrogen-bond donors (Lipinski definition) is 3. The van der Waals surface area contributed by atoms with Crippen molar-refractivity contribution < 1.29 is 14.7 Å². The zero-order valence-corrected chi connectivity index (χ0v) is 11.3. The molecule has 0 heterocycles. The van der Waals surface area contributed by atoms with Gasteiger partial charge in [-0.25, -0.2) is 0 Å². The summed E-state index contributed by atoms with van der Waals surface area (Å²) in [6.45, 7) is 3.75. The molecule has 0 aromatic heterocycles. The standard InChI is InChI=1S/C14H20N2O3/c1-3-14(15,4-2)13(19)16-11-7-5-10(6-8-11)9-12(17)18/h5-8H,3-4,9,15H2,1-2H3,(H,16,19)(H,17,18). The zero-order valence-electron chi connectivity index (χ0n) is 11.3. The highest BCUT2D eigenvalue weighted by atomic mass is 16.4. The summed E-state index contributed by atoms with van der Waals surface area (Å²) < 4.78 is 0. The van der Waals surface area contributed by atoms with Gasteiger partial charge in [0, 0.05) is 5.69 Å². The van der Waals surface area contributed by atoms with E-state index in [0.29, 0.717) is 24.1 Å². The van der Waals surface area contributed by atoms with Gasteiger partial charge in [0.05, 0.1) is 12.0 Å². The van der Waals surface area contributed by atoms with Crippen LogP contribution in [-0.4, -0.2) is 22.5 Å². The van der Waals surface area contributed by atoms with Gasteiger partial charge in [-0.1, -0.05) is 26.0 Å². The SMILES string of the molecule is CCC(N)(CC)C(=O)Nc1ccc(CC(=O)O)cc1. The molecule has 0 spiro atoms. The monoisotopic (exact) mass is 264 g/mol. The predicted molar refractivity (Wildman–Crippen MR) is 73.9 cm³/mol. The summed E-state index contributed by atoms with van der Waals surface area (Å²) in [6.07, 6.45) is 1.10.